The highest BCUT2D eigenvalue weighted by molar-refractivity contribution is 5.87. The van der Waals surface area contributed by atoms with Crippen molar-refractivity contribution in [1.29, 1.82) is 0 Å². The number of nitrogens with zero attached hydrogens (tertiary/aromatic N) is 1. The Kier molecular flexibility index (Phi) is 4.32. The maximum absolute atomic E-state index is 11.7. The van der Waals surface area contributed by atoms with Crippen LogP contribution < -0.4 is 0 Å². The molecule has 1 N–H and O–H groups in total. The fraction of sp³-hybridized carbons (Fsp3) is 0.692. The van der Waals surface area contributed by atoms with Crippen LogP contribution in [-0.4, -0.2) is 35.0 Å². The van der Waals surface area contributed by atoms with Crippen LogP contribution in [0.2, 0.25) is 0 Å². The van der Waals surface area contributed by atoms with E-state index in [1.165, 1.54) is 6.08 Å². The molecule has 1 aliphatic rings. The number of carbonyl (C=O) groups is 2. The maximum atomic E-state index is 11.7. The molecule has 1 atom stereocenters. The van der Waals surface area contributed by atoms with E-state index in [2.05, 4.69) is 0 Å². The summed E-state index contributed by atoms with van der Waals surface area (Å²) in [6.07, 6.45) is 5.01. The zero-order chi connectivity index (χ0) is 13.1. The zero-order valence-corrected chi connectivity index (χ0v) is 10.8. The van der Waals surface area contributed by atoms with Gasteiger partial charge in [-0.05, 0) is 45.6 Å². The molecule has 1 heterocycles. The summed E-state index contributed by atoms with van der Waals surface area (Å²) in [5, 5.41) is 9.20. The summed E-state index contributed by atoms with van der Waals surface area (Å²) in [6.45, 7) is 6.56. The molecule has 0 aromatic rings. The Morgan fingerprint density at radius 1 is 1.41 bits per heavy atom. The summed E-state index contributed by atoms with van der Waals surface area (Å²) in [4.78, 5) is 24.7. The first kappa shape index (κ1) is 13.7. The summed E-state index contributed by atoms with van der Waals surface area (Å²) in [5.41, 5.74) is -0.769. The molecule has 0 saturated carbocycles. The Morgan fingerprint density at radius 2 is 2.06 bits per heavy atom. The summed E-state index contributed by atoms with van der Waals surface area (Å²) < 4.78 is 0. The summed E-state index contributed by atoms with van der Waals surface area (Å²) in [7, 11) is 0. The van der Waals surface area contributed by atoms with Crippen molar-refractivity contribution in [3.05, 3.63) is 12.2 Å². The Balaban J connectivity index is 2.73. The molecule has 0 aliphatic carbocycles. The average Bonchev–Trinajstić information content (AvgIpc) is 2.29. The van der Waals surface area contributed by atoms with Crippen molar-refractivity contribution >= 4 is 11.9 Å². The molecule has 96 valence electrons. The fourth-order valence-corrected chi connectivity index (χ4v) is 2.19. The monoisotopic (exact) mass is 239 g/mol. The van der Waals surface area contributed by atoms with E-state index in [1.54, 1.807) is 31.7 Å². The van der Waals surface area contributed by atoms with Gasteiger partial charge in [0.2, 0.25) is 5.91 Å². The molecule has 1 saturated heterocycles. The van der Waals surface area contributed by atoms with Gasteiger partial charge in [-0.3, -0.25) is 9.59 Å². The number of hydrogen-bond acceptors (Lipinski definition) is 2. The van der Waals surface area contributed by atoms with E-state index in [0.717, 1.165) is 19.4 Å². The summed E-state index contributed by atoms with van der Waals surface area (Å²) in [6, 6.07) is 0. The van der Waals surface area contributed by atoms with Gasteiger partial charge in [0.05, 0.1) is 5.41 Å². The number of rotatable bonds is 3. The standard InChI is InChI=1S/C13H21NO3/c1-4-6-11(15)14-8-5-7-10(9-14)13(2,3)12(16)17/h4,6,10H,5,7-9H2,1-3H3,(H,16,17)/b6-4+. The Bertz CT molecular complexity index is 334. The lowest BCUT2D eigenvalue weighted by molar-refractivity contribution is -0.152. The van der Waals surface area contributed by atoms with Crippen LogP contribution in [0.25, 0.3) is 0 Å². The van der Waals surface area contributed by atoms with Crippen LogP contribution >= 0.6 is 0 Å². The Labute approximate surface area is 102 Å². The Hall–Kier alpha value is -1.32. The predicted octanol–water partition coefficient (Wildman–Crippen LogP) is 1.91. The Morgan fingerprint density at radius 3 is 2.59 bits per heavy atom. The van der Waals surface area contributed by atoms with Gasteiger partial charge in [0.15, 0.2) is 0 Å². The van der Waals surface area contributed by atoms with Gasteiger partial charge >= 0.3 is 5.97 Å². The lowest BCUT2D eigenvalue weighted by Gasteiger charge is -2.38. The molecule has 17 heavy (non-hydrogen) atoms. The molecule has 0 radical (unpaired) electrons. The van der Waals surface area contributed by atoms with E-state index in [0.29, 0.717) is 6.54 Å². The van der Waals surface area contributed by atoms with Crippen LogP contribution in [0.4, 0.5) is 0 Å². The minimum absolute atomic E-state index is 0.0154. The van der Waals surface area contributed by atoms with E-state index in [4.69, 9.17) is 0 Å². The number of piperidine rings is 1. The zero-order valence-electron chi connectivity index (χ0n) is 10.8. The van der Waals surface area contributed by atoms with Crippen molar-refractivity contribution in [3.8, 4) is 0 Å². The maximum Gasteiger partial charge on any atom is 0.309 e. The van der Waals surface area contributed by atoms with Crippen molar-refractivity contribution in [2.24, 2.45) is 11.3 Å². The number of hydrogen-bond donors (Lipinski definition) is 1. The average molecular weight is 239 g/mol. The number of aliphatic carboxylic acids is 1. The molecular weight excluding hydrogens is 218 g/mol. The largest absolute Gasteiger partial charge is 0.481 e. The molecule has 1 amide bonds. The SMILES string of the molecule is C/C=C/C(=O)N1CCCC(C(C)(C)C(=O)O)C1. The normalized spacial score (nSPS) is 21.8. The molecule has 1 rings (SSSR count). The molecule has 0 aromatic carbocycles. The van der Waals surface area contributed by atoms with Crippen molar-refractivity contribution in [2.45, 2.75) is 33.6 Å². The predicted molar refractivity (Wildman–Crippen MR) is 65.5 cm³/mol. The van der Waals surface area contributed by atoms with E-state index in [1.807, 2.05) is 0 Å². The highest BCUT2D eigenvalue weighted by Crippen LogP contribution is 2.34. The lowest BCUT2D eigenvalue weighted by Crippen LogP contribution is -2.46. The summed E-state index contributed by atoms with van der Waals surface area (Å²) >= 11 is 0. The van der Waals surface area contributed by atoms with Gasteiger partial charge in [-0.25, -0.2) is 0 Å². The van der Waals surface area contributed by atoms with E-state index < -0.39 is 11.4 Å². The number of carboxylic acids is 1. The van der Waals surface area contributed by atoms with Gasteiger partial charge in [-0.15, -0.1) is 0 Å². The van der Waals surface area contributed by atoms with Crippen molar-refractivity contribution in [2.75, 3.05) is 13.1 Å². The van der Waals surface area contributed by atoms with Gasteiger partial charge in [-0.2, -0.15) is 0 Å². The van der Waals surface area contributed by atoms with E-state index >= 15 is 0 Å². The number of likely N-dealkylation sites (tertiary alicyclic amines) is 1. The van der Waals surface area contributed by atoms with Gasteiger partial charge in [-0.1, -0.05) is 6.08 Å². The van der Waals surface area contributed by atoms with Gasteiger partial charge < -0.3 is 10.0 Å². The molecule has 0 aromatic heterocycles. The first-order valence-electron chi connectivity index (χ1n) is 6.04. The summed E-state index contributed by atoms with van der Waals surface area (Å²) in [5.74, 6) is -0.774. The minimum atomic E-state index is -0.789. The first-order valence-corrected chi connectivity index (χ1v) is 6.04. The quantitative estimate of drug-likeness (QED) is 0.765. The van der Waals surface area contributed by atoms with Crippen LogP contribution in [0.15, 0.2) is 12.2 Å². The highest BCUT2D eigenvalue weighted by Gasteiger charge is 2.39. The van der Waals surface area contributed by atoms with E-state index in [9.17, 15) is 14.7 Å². The van der Waals surface area contributed by atoms with Crippen molar-refractivity contribution < 1.29 is 14.7 Å². The fourth-order valence-electron chi connectivity index (χ4n) is 2.19. The third-order valence-electron chi connectivity index (χ3n) is 3.61. The molecule has 4 heteroatoms. The van der Waals surface area contributed by atoms with Crippen LogP contribution in [0, 0.1) is 11.3 Å². The van der Waals surface area contributed by atoms with Gasteiger partial charge in [0.1, 0.15) is 0 Å². The third kappa shape index (κ3) is 3.08. The van der Waals surface area contributed by atoms with Crippen LogP contribution in [0.1, 0.15) is 33.6 Å². The molecule has 1 unspecified atom stereocenters. The van der Waals surface area contributed by atoms with Crippen LogP contribution in [0.3, 0.4) is 0 Å². The smallest absolute Gasteiger partial charge is 0.309 e. The van der Waals surface area contributed by atoms with Gasteiger partial charge in [0, 0.05) is 13.1 Å². The number of carboxylic acid groups (broad SMARTS) is 1. The molecule has 4 nitrogen and oxygen atoms in total. The van der Waals surface area contributed by atoms with Gasteiger partial charge in [0.25, 0.3) is 0 Å². The second-order valence-electron chi connectivity index (χ2n) is 5.15. The molecular formula is C13H21NO3. The topological polar surface area (TPSA) is 57.6 Å². The van der Waals surface area contributed by atoms with Crippen molar-refractivity contribution in [3.63, 3.8) is 0 Å². The minimum Gasteiger partial charge on any atom is -0.481 e. The highest BCUT2D eigenvalue weighted by atomic mass is 16.4. The van der Waals surface area contributed by atoms with Crippen LogP contribution in [-0.2, 0) is 9.59 Å². The second-order valence-corrected chi connectivity index (χ2v) is 5.15. The number of allylic oxidation sites excluding steroid dienone is 1. The molecule has 1 fully saturated rings. The number of carbonyl (C=O) groups excluding carboxylic acids is 1. The van der Waals surface area contributed by atoms with Crippen molar-refractivity contribution in [1.82, 2.24) is 4.90 Å². The lowest BCUT2D eigenvalue weighted by atomic mass is 9.74. The van der Waals surface area contributed by atoms with E-state index in [-0.39, 0.29) is 11.8 Å². The molecule has 0 spiro atoms. The molecule has 1 aliphatic heterocycles. The third-order valence-corrected chi connectivity index (χ3v) is 3.61. The van der Waals surface area contributed by atoms with Crippen LogP contribution in [0.5, 0.6) is 0 Å². The number of amides is 1. The second kappa shape index (κ2) is 5.34. The first-order chi connectivity index (χ1) is 7.89. The molecule has 0 bridgehead atoms.